The first-order chi connectivity index (χ1) is 8.58. The molecule has 0 unspecified atom stereocenters. The highest BCUT2D eigenvalue weighted by molar-refractivity contribution is 7.80. The third kappa shape index (κ3) is 6.00. The van der Waals surface area contributed by atoms with Crippen LogP contribution in [0.5, 0.6) is 0 Å². The van der Waals surface area contributed by atoms with Crippen molar-refractivity contribution >= 4 is 35.0 Å². The molecule has 5 heteroatoms. The second-order valence-electron chi connectivity index (χ2n) is 3.79. The highest BCUT2D eigenvalue weighted by Gasteiger charge is 1.94. The van der Waals surface area contributed by atoms with Crippen LogP contribution in [0.3, 0.4) is 0 Å². The van der Waals surface area contributed by atoms with E-state index in [0.717, 1.165) is 17.7 Å². The number of anilines is 1. The highest BCUT2D eigenvalue weighted by atomic mass is 32.1. The summed E-state index contributed by atoms with van der Waals surface area (Å²) in [6.07, 6.45) is 4.80. The summed E-state index contributed by atoms with van der Waals surface area (Å²) in [5, 5.41) is 5.86. The first kappa shape index (κ1) is 14.2. The van der Waals surface area contributed by atoms with Gasteiger partial charge in [-0.25, -0.2) is 0 Å². The summed E-state index contributed by atoms with van der Waals surface area (Å²) in [7, 11) is 0. The Balaban J connectivity index is 2.48. The zero-order valence-electron chi connectivity index (χ0n) is 10.3. The Morgan fingerprint density at radius 3 is 2.94 bits per heavy atom. The van der Waals surface area contributed by atoms with Crippen molar-refractivity contribution in [2.45, 2.75) is 13.3 Å². The molecule has 0 spiro atoms. The first-order valence-electron chi connectivity index (χ1n) is 5.65. The van der Waals surface area contributed by atoms with Crippen LogP contribution in [0.2, 0.25) is 0 Å². The molecule has 0 aromatic heterocycles. The zero-order valence-corrected chi connectivity index (χ0v) is 11.1. The Kier molecular flexibility index (Phi) is 5.87. The summed E-state index contributed by atoms with van der Waals surface area (Å²) < 4.78 is 0. The van der Waals surface area contributed by atoms with Gasteiger partial charge >= 0.3 is 0 Å². The third-order valence-electron chi connectivity index (χ3n) is 2.15. The summed E-state index contributed by atoms with van der Waals surface area (Å²) in [6.45, 7) is 2.16. The molecule has 1 aromatic carbocycles. The molecule has 0 fully saturated rings. The lowest BCUT2D eigenvalue weighted by Crippen LogP contribution is -2.20. The van der Waals surface area contributed by atoms with Gasteiger partial charge in [0, 0.05) is 19.2 Å². The number of rotatable bonds is 5. The summed E-state index contributed by atoms with van der Waals surface area (Å²) in [6, 6.07) is 7.76. The fourth-order valence-electron chi connectivity index (χ4n) is 1.41. The Labute approximate surface area is 112 Å². The SMILES string of the molecule is CC(=O)NCCC=Cc1cccc(NC(N)=S)c1. The Bertz CT molecular complexity index is 457. The number of nitrogens with two attached hydrogens (primary N) is 1. The molecule has 0 saturated heterocycles. The maximum atomic E-state index is 10.7. The van der Waals surface area contributed by atoms with E-state index < -0.39 is 0 Å². The molecule has 1 amide bonds. The number of thiocarbonyl (C=S) groups is 1. The molecule has 96 valence electrons. The van der Waals surface area contributed by atoms with E-state index >= 15 is 0 Å². The van der Waals surface area contributed by atoms with E-state index in [0.29, 0.717) is 6.54 Å². The van der Waals surface area contributed by atoms with Gasteiger partial charge in [0.05, 0.1) is 0 Å². The maximum absolute atomic E-state index is 10.7. The number of benzene rings is 1. The minimum atomic E-state index is -0.00828. The van der Waals surface area contributed by atoms with Crippen LogP contribution in [0.4, 0.5) is 5.69 Å². The molecule has 4 nitrogen and oxygen atoms in total. The molecule has 0 atom stereocenters. The first-order valence-corrected chi connectivity index (χ1v) is 6.06. The van der Waals surface area contributed by atoms with Crippen LogP contribution in [0, 0.1) is 0 Å². The second-order valence-corrected chi connectivity index (χ2v) is 4.23. The van der Waals surface area contributed by atoms with E-state index in [2.05, 4.69) is 10.6 Å². The number of amides is 1. The molecule has 0 heterocycles. The van der Waals surface area contributed by atoms with E-state index in [1.165, 1.54) is 6.92 Å². The van der Waals surface area contributed by atoms with Crippen molar-refractivity contribution in [1.82, 2.24) is 5.32 Å². The van der Waals surface area contributed by atoms with Crippen molar-refractivity contribution in [2.75, 3.05) is 11.9 Å². The number of nitrogens with one attached hydrogen (secondary N) is 2. The molecule has 0 bridgehead atoms. The van der Waals surface area contributed by atoms with Gasteiger partial charge in [-0.1, -0.05) is 24.3 Å². The number of carbonyl (C=O) groups is 1. The van der Waals surface area contributed by atoms with Crippen LogP contribution >= 0.6 is 12.2 Å². The van der Waals surface area contributed by atoms with Gasteiger partial charge in [-0.15, -0.1) is 0 Å². The van der Waals surface area contributed by atoms with Gasteiger partial charge in [0.15, 0.2) is 5.11 Å². The van der Waals surface area contributed by atoms with E-state index in [9.17, 15) is 4.79 Å². The molecule has 0 aliphatic carbocycles. The van der Waals surface area contributed by atoms with Crippen molar-refractivity contribution in [3.05, 3.63) is 35.9 Å². The monoisotopic (exact) mass is 263 g/mol. The molecule has 18 heavy (non-hydrogen) atoms. The highest BCUT2D eigenvalue weighted by Crippen LogP contribution is 2.11. The molecule has 1 rings (SSSR count). The van der Waals surface area contributed by atoms with Gasteiger partial charge in [-0.2, -0.15) is 0 Å². The average Bonchev–Trinajstić information content (AvgIpc) is 2.27. The quantitative estimate of drug-likeness (QED) is 0.560. The predicted octanol–water partition coefficient (Wildman–Crippen LogP) is 1.88. The summed E-state index contributed by atoms with van der Waals surface area (Å²) >= 11 is 4.78. The standard InChI is InChI=1S/C13H17N3OS/c1-10(17)15-8-3-2-5-11-6-4-7-12(9-11)16-13(14)18/h2,4-7,9H,3,8H2,1H3,(H,15,17)(H3,14,16,18). The normalized spacial score (nSPS) is 10.3. The largest absolute Gasteiger partial charge is 0.376 e. The van der Waals surface area contributed by atoms with E-state index in [1.54, 1.807) is 0 Å². The van der Waals surface area contributed by atoms with Gasteiger partial charge in [0.1, 0.15) is 0 Å². The van der Waals surface area contributed by atoms with Crippen LogP contribution in [0.1, 0.15) is 18.9 Å². The lowest BCUT2D eigenvalue weighted by Gasteiger charge is -2.04. The van der Waals surface area contributed by atoms with Crippen LogP contribution in [-0.2, 0) is 4.79 Å². The summed E-state index contributed by atoms with van der Waals surface area (Å²) in [5.74, 6) is -0.00828. The predicted molar refractivity (Wildman–Crippen MR) is 79.2 cm³/mol. The molecule has 0 aliphatic heterocycles. The average molecular weight is 263 g/mol. The van der Waals surface area contributed by atoms with Gasteiger partial charge in [-0.05, 0) is 36.3 Å². The van der Waals surface area contributed by atoms with E-state index in [1.807, 2.05) is 36.4 Å². The van der Waals surface area contributed by atoms with Crippen molar-refractivity contribution in [1.29, 1.82) is 0 Å². The number of carbonyl (C=O) groups excluding carboxylic acids is 1. The molecular formula is C13H17N3OS. The molecule has 4 N–H and O–H groups in total. The summed E-state index contributed by atoms with van der Waals surface area (Å²) in [4.78, 5) is 10.7. The van der Waals surface area contributed by atoms with Crippen LogP contribution in [-0.4, -0.2) is 17.6 Å². The Morgan fingerprint density at radius 2 is 2.28 bits per heavy atom. The minimum Gasteiger partial charge on any atom is -0.376 e. The molecule has 0 radical (unpaired) electrons. The van der Waals surface area contributed by atoms with Crippen molar-refractivity contribution in [3.8, 4) is 0 Å². The van der Waals surface area contributed by atoms with Gasteiger partial charge in [-0.3, -0.25) is 4.79 Å². The second kappa shape index (κ2) is 7.45. The van der Waals surface area contributed by atoms with Crippen molar-refractivity contribution in [2.24, 2.45) is 5.73 Å². The lowest BCUT2D eigenvalue weighted by atomic mass is 10.2. The van der Waals surface area contributed by atoms with Gasteiger partial charge in [0.2, 0.25) is 5.91 Å². The Hall–Kier alpha value is -1.88. The molecule has 0 saturated carbocycles. The van der Waals surface area contributed by atoms with Gasteiger partial charge < -0.3 is 16.4 Å². The van der Waals surface area contributed by atoms with E-state index in [-0.39, 0.29) is 11.0 Å². The lowest BCUT2D eigenvalue weighted by molar-refractivity contribution is -0.118. The van der Waals surface area contributed by atoms with Gasteiger partial charge in [0.25, 0.3) is 0 Å². The fourth-order valence-corrected chi connectivity index (χ4v) is 1.53. The van der Waals surface area contributed by atoms with Crippen LogP contribution in [0.15, 0.2) is 30.3 Å². The smallest absolute Gasteiger partial charge is 0.216 e. The van der Waals surface area contributed by atoms with Crippen molar-refractivity contribution < 1.29 is 4.79 Å². The maximum Gasteiger partial charge on any atom is 0.216 e. The zero-order chi connectivity index (χ0) is 13.4. The van der Waals surface area contributed by atoms with E-state index in [4.69, 9.17) is 18.0 Å². The molecular weight excluding hydrogens is 246 g/mol. The van der Waals surface area contributed by atoms with Crippen molar-refractivity contribution in [3.63, 3.8) is 0 Å². The molecule has 0 aliphatic rings. The van der Waals surface area contributed by atoms with Crippen LogP contribution < -0.4 is 16.4 Å². The van der Waals surface area contributed by atoms with Crippen LogP contribution in [0.25, 0.3) is 6.08 Å². The number of hydrogen-bond acceptors (Lipinski definition) is 2. The minimum absolute atomic E-state index is 0.00828. The third-order valence-corrected chi connectivity index (χ3v) is 2.25. The fraction of sp³-hybridized carbons (Fsp3) is 0.231. The molecule has 1 aromatic rings. The topological polar surface area (TPSA) is 67.2 Å². The number of hydrogen-bond donors (Lipinski definition) is 3. The Morgan fingerprint density at radius 1 is 1.50 bits per heavy atom. The summed E-state index contributed by atoms with van der Waals surface area (Å²) in [5.41, 5.74) is 7.33.